The van der Waals surface area contributed by atoms with E-state index >= 15 is 0 Å². The van der Waals surface area contributed by atoms with E-state index < -0.39 is 0 Å². The summed E-state index contributed by atoms with van der Waals surface area (Å²) in [5.74, 6) is -0.116. The molecule has 0 bridgehead atoms. The molecule has 12 heavy (non-hydrogen) atoms. The fourth-order valence-electron chi connectivity index (χ4n) is 2.19. The van der Waals surface area contributed by atoms with Gasteiger partial charge in [-0.1, -0.05) is 0 Å². The smallest absolute Gasteiger partial charge is 0.314 e. The number of hydrogen-bond donors (Lipinski definition) is 0. The number of methoxy groups -OCH3 is 1. The molecule has 0 radical (unpaired) electrons. The summed E-state index contributed by atoms with van der Waals surface area (Å²) in [7, 11) is 1.44. The van der Waals surface area contributed by atoms with Gasteiger partial charge in [-0.15, -0.1) is 0 Å². The van der Waals surface area contributed by atoms with Gasteiger partial charge >= 0.3 is 5.97 Å². The Morgan fingerprint density at radius 1 is 1.67 bits per heavy atom. The van der Waals surface area contributed by atoms with Gasteiger partial charge < -0.3 is 9.47 Å². The molecule has 1 aliphatic carbocycles. The van der Waals surface area contributed by atoms with Crippen molar-refractivity contribution < 1.29 is 14.3 Å². The van der Waals surface area contributed by atoms with Gasteiger partial charge in [0.05, 0.1) is 24.7 Å². The van der Waals surface area contributed by atoms with Crippen LogP contribution in [0.5, 0.6) is 0 Å². The number of fused-ring (bicyclic) bond motifs is 1. The largest absolute Gasteiger partial charge is 0.469 e. The van der Waals surface area contributed by atoms with Crippen molar-refractivity contribution in [2.24, 2.45) is 5.41 Å². The van der Waals surface area contributed by atoms with Crippen molar-refractivity contribution in [3.8, 4) is 0 Å². The minimum Gasteiger partial charge on any atom is -0.469 e. The van der Waals surface area contributed by atoms with Gasteiger partial charge in [-0.2, -0.15) is 0 Å². The first-order chi connectivity index (χ1) is 5.68. The molecule has 1 heterocycles. The van der Waals surface area contributed by atoms with Crippen LogP contribution in [-0.4, -0.2) is 25.3 Å². The molecule has 2 fully saturated rings. The summed E-state index contributed by atoms with van der Waals surface area (Å²) >= 11 is 0. The third-order valence-electron chi connectivity index (χ3n) is 3.05. The second-order valence-corrected chi connectivity index (χ2v) is 3.90. The minimum atomic E-state index is -0.363. The molecule has 0 aromatic heterocycles. The van der Waals surface area contributed by atoms with Crippen molar-refractivity contribution in [3.05, 3.63) is 0 Å². The first kappa shape index (κ1) is 8.05. The van der Waals surface area contributed by atoms with E-state index in [-0.39, 0.29) is 17.5 Å². The Balaban J connectivity index is 2.13. The molecule has 68 valence electrons. The van der Waals surface area contributed by atoms with Crippen molar-refractivity contribution in [3.63, 3.8) is 0 Å². The summed E-state index contributed by atoms with van der Waals surface area (Å²) in [5, 5.41) is 0. The number of esters is 1. The number of carbonyl (C=O) groups is 1. The summed E-state index contributed by atoms with van der Waals surface area (Å²) in [4.78, 5) is 11.4. The molecule has 1 aliphatic heterocycles. The highest BCUT2D eigenvalue weighted by molar-refractivity contribution is 5.77. The van der Waals surface area contributed by atoms with Crippen LogP contribution in [0, 0.1) is 5.41 Å². The van der Waals surface area contributed by atoms with Gasteiger partial charge in [0.1, 0.15) is 0 Å². The lowest BCUT2D eigenvalue weighted by atomic mass is 9.76. The fourth-order valence-corrected chi connectivity index (χ4v) is 2.19. The second kappa shape index (κ2) is 2.46. The molecule has 3 nitrogen and oxygen atoms in total. The maximum atomic E-state index is 11.4. The normalized spacial score (nSPS) is 44.8. The van der Waals surface area contributed by atoms with Crippen molar-refractivity contribution in [2.45, 2.75) is 38.4 Å². The molecule has 2 rings (SSSR count). The molecule has 3 atom stereocenters. The van der Waals surface area contributed by atoms with E-state index in [1.165, 1.54) is 7.11 Å². The van der Waals surface area contributed by atoms with Gasteiger partial charge in [0.15, 0.2) is 0 Å². The highest BCUT2D eigenvalue weighted by Crippen LogP contribution is 2.49. The van der Waals surface area contributed by atoms with Crippen LogP contribution in [0.25, 0.3) is 0 Å². The zero-order valence-electron chi connectivity index (χ0n) is 7.50. The molecule has 0 spiro atoms. The summed E-state index contributed by atoms with van der Waals surface area (Å²) in [6, 6.07) is 0. The molecule has 0 aromatic rings. The van der Waals surface area contributed by atoms with Crippen molar-refractivity contribution in [1.29, 1.82) is 0 Å². The number of rotatable bonds is 1. The number of carbonyl (C=O) groups excluding carboxylic acids is 1. The first-order valence-electron chi connectivity index (χ1n) is 4.42. The van der Waals surface area contributed by atoms with E-state index in [1.54, 1.807) is 0 Å². The highest BCUT2D eigenvalue weighted by atomic mass is 16.6. The maximum Gasteiger partial charge on any atom is 0.314 e. The molecule has 3 heteroatoms. The Morgan fingerprint density at radius 3 is 3.08 bits per heavy atom. The van der Waals surface area contributed by atoms with Crippen LogP contribution in [0.2, 0.25) is 0 Å². The fraction of sp³-hybridized carbons (Fsp3) is 0.889. The topological polar surface area (TPSA) is 38.8 Å². The Bertz CT molecular complexity index is 214. The van der Waals surface area contributed by atoms with Crippen LogP contribution in [0.3, 0.4) is 0 Å². The van der Waals surface area contributed by atoms with E-state index in [1.807, 2.05) is 6.92 Å². The summed E-state index contributed by atoms with van der Waals surface area (Å²) in [5.41, 5.74) is -0.363. The van der Waals surface area contributed by atoms with Crippen molar-refractivity contribution in [2.75, 3.05) is 7.11 Å². The zero-order valence-corrected chi connectivity index (χ0v) is 7.50. The predicted molar refractivity (Wildman–Crippen MR) is 42.6 cm³/mol. The SMILES string of the molecule is COC(=O)C1(C)CCC[C@@H]2O[C@@H]21. The molecular formula is C9H14O3. The lowest BCUT2D eigenvalue weighted by Crippen LogP contribution is -2.37. The average Bonchev–Trinajstić information content (AvgIpc) is 2.83. The Kier molecular flexibility index (Phi) is 1.65. The van der Waals surface area contributed by atoms with Gasteiger partial charge in [-0.25, -0.2) is 0 Å². The van der Waals surface area contributed by atoms with E-state index in [0.717, 1.165) is 19.3 Å². The summed E-state index contributed by atoms with van der Waals surface area (Å²) < 4.78 is 10.2. The van der Waals surface area contributed by atoms with Crippen molar-refractivity contribution >= 4 is 5.97 Å². The number of epoxide rings is 1. The van der Waals surface area contributed by atoms with Gasteiger partial charge in [0.25, 0.3) is 0 Å². The number of hydrogen-bond acceptors (Lipinski definition) is 3. The predicted octanol–water partition coefficient (Wildman–Crippen LogP) is 1.12. The summed E-state index contributed by atoms with van der Waals surface area (Å²) in [6.07, 6.45) is 3.56. The van der Waals surface area contributed by atoms with E-state index in [2.05, 4.69) is 0 Å². The van der Waals surface area contributed by atoms with Gasteiger partial charge in [0, 0.05) is 0 Å². The van der Waals surface area contributed by atoms with Crippen LogP contribution in [0.1, 0.15) is 26.2 Å². The monoisotopic (exact) mass is 170 g/mol. The van der Waals surface area contributed by atoms with E-state index in [4.69, 9.17) is 9.47 Å². The Labute approximate surface area is 72.0 Å². The average molecular weight is 170 g/mol. The highest BCUT2D eigenvalue weighted by Gasteiger charge is 2.58. The van der Waals surface area contributed by atoms with Gasteiger partial charge in [-0.3, -0.25) is 4.79 Å². The maximum absolute atomic E-state index is 11.4. The molecule has 1 unspecified atom stereocenters. The van der Waals surface area contributed by atoms with E-state index in [9.17, 15) is 4.79 Å². The molecule has 2 aliphatic rings. The Hall–Kier alpha value is -0.570. The molecule has 1 saturated carbocycles. The van der Waals surface area contributed by atoms with Crippen molar-refractivity contribution in [1.82, 2.24) is 0 Å². The Morgan fingerprint density at radius 2 is 2.42 bits per heavy atom. The van der Waals surface area contributed by atoms with Gasteiger partial charge in [-0.05, 0) is 26.2 Å². The van der Waals surface area contributed by atoms with E-state index in [0.29, 0.717) is 6.10 Å². The standard InChI is InChI=1S/C9H14O3/c1-9(8(10)11-2)5-3-4-6-7(9)12-6/h6-7H,3-5H2,1-2H3/t6-,7-,9?/m0/s1. The number of ether oxygens (including phenoxy) is 2. The first-order valence-corrected chi connectivity index (χ1v) is 4.42. The molecule has 0 amide bonds. The quantitative estimate of drug-likeness (QED) is 0.437. The minimum absolute atomic E-state index is 0.116. The lowest BCUT2D eigenvalue weighted by Gasteiger charge is -2.27. The van der Waals surface area contributed by atoms with Crippen LogP contribution in [0.15, 0.2) is 0 Å². The van der Waals surface area contributed by atoms with Gasteiger partial charge in [0.2, 0.25) is 0 Å². The second-order valence-electron chi connectivity index (χ2n) is 3.90. The summed E-state index contributed by atoms with van der Waals surface area (Å²) in [6.45, 7) is 1.95. The molecule has 0 aromatic carbocycles. The van der Waals surface area contributed by atoms with Crippen LogP contribution in [0.4, 0.5) is 0 Å². The molecule has 0 N–H and O–H groups in total. The lowest BCUT2D eigenvalue weighted by molar-refractivity contribution is -0.153. The third kappa shape index (κ3) is 0.959. The zero-order chi connectivity index (χ0) is 8.77. The third-order valence-corrected chi connectivity index (χ3v) is 3.05. The molecule has 1 saturated heterocycles. The molecular weight excluding hydrogens is 156 g/mol. The van der Waals surface area contributed by atoms with Crippen LogP contribution >= 0.6 is 0 Å². The van der Waals surface area contributed by atoms with Crippen LogP contribution in [-0.2, 0) is 14.3 Å². The van der Waals surface area contributed by atoms with Crippen LogP contribution < -0.4 is 0 Å².